The Balaban J connectivity index is 0.00000200. The molecule has 21 heavy (non-hydrogen) atoms. The van der Waals surface area contributed by atoms with Crippen molar-refractivity contribution in [3.63, 3.8) is 0 Å². The van der Waals surface area contributed by atoms with Crippen molar-refractivity contribution < 1.29 is 8.78 Å². The number of aryl methyl sites for hydroxylation is 1. The van der Waals surface area contributed by atoms with Crippen LogP contribution in [0.2, 0.25) is 0 Å². The fraction of sp³-hybridized carbons (Fsp3) is 0.600. The first-order valence-corrected chi connectivity index (χ1v) is 7.04. The average molecular weight is 341 g/mol. The van der Waals surface area contributed by atoms with Crippen LogP contribution in [0.25, 0.3) is 0 Å². The van der Waals surface area contributed by atoms with Crippen LogP contribution in [0.5, 0.6) is 0 Å². The van der Waals surface area contributed by atoms with Crippen LogP contribution in [0.3, 0.4) is 0 Å². The van der Waals surface area contributed by atoms with Crippen LogP contribution < -0.4 is 5.32 Å². The van der Waals surface area contributed by atoms with E-state index in [1.165, 1.54) is 12.1 Å². The summed E-state index contributed by atoms with van der Waals surface area (Å²) in [6.45, 7) is 7.21. The van der Waals surface area contributed by atoms with E-state index in [4.69, 9.17) is 0 Å². The molecule has 2 nitrogen and oxygen atoms in total. The number of halogens is 4. The third-order valence-corrected chi connectivity index (χ3v) is 3.81. The number of benzene rings is 1. The lowest BCUT2D eigenvalue weighted by Gasteiger charge is -2.35. The third kappa shape index (κ3) is 4.78. The molecule has 1 aromatic carbocycles. The zero-order valence-corrected chi connectivity index (χ0v) is 14.1. The standard InChI is InChI=1S/C15H22F2N2.2ClH/c1-3-4-13(19-9-7-18-8-10-19)14-12(16)6-5-11(2)15(14)17;;/h5-6,13,18H,3-4,7-10H2,1-2H3;2*1H/t13-;;/m0../s1. The van der Waals surface area contributed by atoms with Gasteiger partial charge in [-0.15, -0.1) is 24.8 Å². The number of nitrogens with zero attached hydrogens (tertiary/aromatic N) is 1. The van der Waals surface area contributed by atoms with E-state index in [-0.39, 0.29) is 42.2 Å². The fourth-order valence-electron chi connectivity index (χ4n) is 2.76. The summed E-state index contributed by atoms with van der Waals surface area (Å²) in [4.78, 5) is 2.20. The number of rotatable bonds is 4. The van der Waals surface area contributed by atoms with Crippen LogP contribution in [0, 0.1) is 18.6 Å². The maximum absolute atomic E-state index is 14.3. The van der Waals surface area contributed by atoms with Crippen LogP contribution in [0.1, 0.15) is 36.9 Å². The van der Waals surface area contributed by atoms with Gasteiger partial charge in [0.2, 0.25) is 0 Å². The average Bonchev–Trinajstić information content (AvgIpc) is 2.43. The molecule has 0 aliphatic carbocycles. The van der Waals surface area contributed by atoms with Crippen molar-refractivity contribution >= 4 is 24.8 Å². The Kier molecular flexibility index (Phi) is 9.38. The van der Waals surface area contributed by atoms with Crippen LogP contribution in [0.4, 0.5) is 8.78 Å². The lowest BCUT2D eigenvalue weighted by Crippen LogP contribution is -2.45. The van der Waals surface area contributed by atoms with Gasteiger partial charge in [-0.1, -0.05) is 19.4 Å². The maximum Gasteiger partial charge on any atom is 0.133 e. The second kappa shape index (κ2) is 9.57. The lowest BCUT2D eigenvalue weighted by molar-refractivity contribution is 0.158. The Morgan fingerprint density at radius 2 is 1.81 bits per heavy atom. The van der Waals surface area contributed by atoms with Gasteiger partial charge < -0.3 is 5.32 Å². The van der Waals surface area contributed by atoms with E-state index >= 15 is 0 Å². The number of nitrogens with one attached hydrogen (secondary N) is 1. The molecule has 1 aliphatic heterocycles. The molecule has 1 aliphatic rings. The molecule has 1 N–H and O–H groups in total. The molecule has 1 saturated heterocycles. The zero-order valence-electron chi connectivity index (χ0n) is 12.5. The van der Waals surface area contributed by atoms with Gasteiger partial charge in [-0.2, -0.15) is 0 Å². The van der Waals surface area contributed by atoms with E-state index in [9.17, 15) is 8.78 Å². The van der Waals surface area contributed by atoms with Crippen LogP contribution in [-0.4, -0.2) is 31.1 Å². The number of piperazine rings is 1. The minimum absolute atomic E-state index is 0. The van der Waals surface area contributed by atoms with Gasteiger partial charge in [-0.05, 0) is 25.0 Å². The quantitative estimate of drug-likeness (QED) is 0.895. The Morgan fingerprint density at radius 1 is 1.19 bits per heavy atom. The first-order chi connectivity index (χ1) is 9.15. The normalized spacial score (nSPS) is 16.8. The van der Waals surface area contributed by atoms with E-state index in [1.54, 1.807) is 6.92 Å². The molecule has 122 valence electrons. The number of hydrogen-bond donors (Lipinski definition) is 1. The predicted molar refractivity (Wildman–Crippen MR) is 87.7 cm³/mol. The summed E-state index contributed by atoms with van der Waals surface area (Å²) in [6.07, 6.45) is 1.71. The number of hydrogen-bond acceptors (Lipinski definition) is 2. The molecule has 0 saturated carbocycles. The Hall–Kier alpha value is -0.420. The van der Waals surface area contributed by atoms with E-state index in [0.717, 1.165) is 39.0 Å². The fourth-order valence-corrected chi connectivity index (χ4v) is 2.76. The van der Waals surface area contributed by atoms with Crippen molar-refractivity contribution in [1.82, 2.24) is 10.2 Å². The zero-order chi connectivity index (χ0) is 13.8. The van der Waals surface area contributed by atoms with Crippen molar-refractivity contribution in [2.75, 3.05) is 26.2 Å². The van der Waals surface area contributed by atoms with E-state index in [1.807, 2.05) is 0 Å². The predicted octanol–water partition coefficient (Wildman–Crippen LogP) is 3.86. The minimum atomic E-state index is -0.417. The smallest absolute Gasteiger partial charge is 0.133 e. The minimum Gasteiger partial charge on any atom is -0.314 e. The monoisotopic (exact) mass is 340 g/mol. The first kappa shape index (κ1) is 20.6. The van der Waals surface area contributed by atoms with Crippen LogP contribution >= 0.6 is 24.8 Å². The topological polar surface area (TPSA) is 15.3 Å². The van der Waals surface area contributed by atoms with Gasteiger partial charge in [0, 0.05) is 37.8 Å². The maximum atomic E-state index is 14.3. The molecule has 1 aromatic rings. The van der Waals surface area contributed by atoms with Gasteiger partial charge in [0.25, 0.3) is 0 Å². The van der Waals surface area contributed by atoms with Gasteiger partial charge in [0.1, 0.15) is 11.6 Å². The third-order valence-electron chi connectivity index (χ3n) is 3.81. The molecule has 0 bridgehead atoms. The molecule has 1 heterocycles. The molecule has 0 unspecified atom stereocenters. The van der Waals surface area contributed by atoms with Crippen LogP contribution in [0.15, 0.2) is 12.1 Å². The summed E-state index contributed by atoms with van der Waals surface area (Å²) < 4.78 is 28.4. The molecular weight excluding hydrogens is 317 g/mol. The highest BCUT2D eigenvalue weighted by molar-refractivity contribution is 5.85. The summed E-state index contributed by atoms with van der Waals surface area (Å²) in [7, 11) is 0. The Labute approximate surface area is 138 Å². The van der Waals surface area contributed by atoms with Crippen LogP contribution in [-0.2, 0) is 0 Å². The van der Waals surface area contributed by atoms with Crippen molar-refractivity contribution in [3.8, 4) is 0 Å². The molecule has 0 aromatic heterocycles. The molecular formula is C15H24Cl2F2N2. The largest absolute Gasteiger partial charge is 0.314 e. The summed E-state index contributed by atoms with van der Waals surface area (Å²) in [5, 5.41) is 3.27. The van der Waals surface area contributed by atoms with Crippen molar-refractivity contribution in [3.05, 3.63) is 34.9 Å². The van der Waals surface area contributed by atoms with Gasteiger partial charge in [0.05, 0.1) is 0 Å². The summed E-state index contributed by atoms with van der Waals surface area (Å²) in [6, 6.07) is 2.75. The summed E-state index contributed by atoms with van der Waals surface area (Å²) in [5.41, 5.74) is 0.774. The van der Waals surface area contributed by atoms with E-state index in [2.05, 4.69) is 17.1 Å². The van der Waals surface area contributed by atoms with Gasteiger partial charge >= 0.3 is 0 Å². The molecule has 0 spiro atoms. The van der Waals surface area contributed by atoms with Gasteiger partial charge in [-0.3, -0.25) is 4.90 Å². The van der Waals surface area contributed by atoms with E-state index < -0.39 is 5.82 Å². The van der Waals surface area contributed by atoms with E-state index in [0.29, 0.717) is 5.56 Å². The summed E-state index contributed by atoms with van der Waals surface area (Å²) >= 11 is 0. The van der Waals surface area contributed by atoms with Gasteiger partial charge in [0.15, 0.2) is 0 Å². The van der Waals surface area contributed by atoms with Crippen molar-refractivity contribution in [2.45, 2.75) is 32.7 Å². The van der Waals surface area contributed by atoms with Crippen molar-refractivity contribution in [2.24, 2.45) is 0 Å². The first-order valence-electron chi connectivity index (χ1n) is 7.04. The SMILES string of the molecule is CCC[C@@H](c1c(F)ccc(C)c1F)N1CCNCC1.Cl.Cl. The molecule has 2 rings (SSSR count). The highest BCUT2D eigenvalue weighted by Gasteiger charge is 2.27. The van der Waals surface area contributed by atoms with Gasteiger partial charge in [-0.25, -0.2) is 8.78 Å². The highest BCUT2D eigenvalue weighted by Crippen LogP contribution is 2.31. The molecule has 0 radical (unpaired) electrons. The molecule has 1 atom stereocenters. The molecule has 6 heteroatoms. The van der Waals surface area contributed by atoms with Crippen molar-refractivity contribution in [1.29, 1.82) is 0 Å². The Bertz CT molecular complexity index is 438. The molecule has 1 fully saturated rings. The lowest BCUT2D eigenvalue weighted by atomic mass is 9.97. The second-order valence-corrected chi connectivity index (χ2v) is 5.18. The molecule has 0 amide bonds. The highest BCUT2D eigenvalue weighted by atomic mass is 35.5. The Morgan fingerprint density at radius 3 is 2.38 bits per heavy atom. The summed E-state index contributed by atoms with van der Waals surface area (Å²) in [5.74, 6) is -0.794. The second-order valence-electron chi connectivity index (χ2n) is 5.18.